The Bertz CT molecular complexity index is 744. The lowest BCUT2D eigenvalue weighted by atomic mass is 9.98. The van der Waals surface area contributed by atoms with E-state index in [1.165, 1.54) is 0 Å². The minimum atomic E-state index is -0.524. The molecule has 26 heavy (non-hydrogen) atoms. The molecule has 0 saturated carbocycles. The van der Waals surface area contributed by atoms with E-state index in [0.717, 1.165) is 35.2 Å². The molecule has 0 bridgehead atoms. The highest BCUT2D eigenvalue weighted by Gasteiger charge is 2.23. The van der Waals surface area contributed by atoms with E-state index in [1.807, 2.05) is 63.8 Å². The van der Waals surface area contributed by atoms with Crippen molar-refractivity contribution in [2.24, 2.45) is 5.41 Å². The van der Waals surface area contributed by atoms with Crippen LogP contribution in [0, 0.1) is 5.41 Å². The van der Waals surface area contributed by atoms with E-state index in [4.69, 9.17) is 14.2 Å². The third-order valence-electron chi connectivity index (χ3n) is 4.05. The molecule has 144 valence electrons. The number of nitrogens with zero attached hydrogens (tertiary/aromatic N) is 2. The Labute approximate surface area is 155 Å². The molecule has 2 aromatic rings. The normalized spacial score (nSPS) is 12.0. The molecule has 0 atom stereocenters. The lowest BCUT2D eigenvalue weighted by Crippen LogP contribution is -2.23. The Balaban J connectivity index is 2.36. The molecule has 2 rings (SSSR count). The smallest absolute Gasteiger partial charge is 0.312 e. The molecule has 0 amide bonds. The van der Waals surface area contributed by atoms with Crippen molar-refractivity contribution in [2.75, 3.05) is 34.5 Å². The van der Waals surface area contributed by atoms with E-state index < -0.39 is 5.41 Å². The highest BCUT2D eigenvalue weighted by Crippen LogP contribution is 2.31. The summed E-state index contributed by atoms with van der Waals surface area (Å²) in [5.41, 5.74) is 1.62. The summed E-state index contributed by atoms with van der Waals surface area (Å²) in [6, 6.07) is 5.89. The van der Waals surface area contributed by atoms with Crippen LogP contribution in [0.1, 0.15) is 26.3 Å². The van der Waals surface area contributed by atoms with Gasteiger partial charge in [-0.3, -0.25) is 4.79 Å². The minimum Gasteiger partial charge on any atom is -0.467 e. The Morgan fingerprint density at radius 1 is 1.23 bits per heavy atom. The first-order valence-corrected chi connectivity index (χ1v) is 8.78. The standard InChI is InChI=1S/C20H30N2O4/c1-20(2,3)19(23)25-13-22-12-15(10-11-21(4)5)18-16(22)8-7-9-17(18)26-14-24-6/h7-9,12H,10-11,13-14H2,1-6H3. The predicted molar refractivity (Wildman–Crippen MR) is 102 cm³/mol. The van der Waals surface area contributed by atoms with Gasteiger partial charge in [0, 0.05) is 25.2 Å². The van der Waals surface area contributed by atoms with Gasteiger partial charge < -0.3 is 23.7 Å². The fourth-order valence-electron chi connectivity index (χ4n) is 2.63. The fourth-order valence-corrected chi connectivity index (χ4v) is 2.63. The van der Waals surface area contributed by atoms with Crippen LogP contribution in [-0.2, 0) is 27.4 Å². The molecule has 0 aliphatic heterocycles. The number of ether oxygens (including phenoxy) is 3. The zero-order chi connectivity index (χ0) is 19.3. The zero-order valence-corrected chi connectivity index (χ0v) is 16.7. The van der Waals surface area contributed by atoms with Crippen LogP contribution < -0.4 is 4.74 Å². The van der Waals surface area contributed by atoms with E-state index in [0.29, 0.717) is 0 Å². The molecule has 1 heterocycles. The summed E-state index contributed by atoms with van der Waals surface area (Å²) in [6.07, 6.45) is 2.92. The molecule has 0 saturated heterocycles. The second-order valence-electron chi connectivity index (χ2n) is 7.69. The summed E-state index contributed by atoms with van der Waals surface area (Å²) in [7, 11) is 5.70. The van der Waals surface area contributed by atoms with Gasteiger partial charge in [0.1, 0.15) is 5.75 Å². The number of benzene rings is 1. The van der Waals surface area contributed by atoms with Crippen molar-refractivity contribution < 1.29 is 19.0 Å². The number of hydrogen-bond acceptors (Lipinski definition) is 5. The summed E-state index contributed by atoms with van der Waals surface area (Å²) in [5.74, 6) is 0.556. The molecule has 0 aliphatic carbocycles. The van der Waals surface area contributed by atoms with E-state index in [1.54, 1.807) is 7.11 Å². The number of fused-ring (bicyclic) bond motifs is 1. The molecule has 0 radical (unpaired) electrons. The van der Waals surface area contributed by atoms with Crippen molar-refractivity contribution in [3.8, 4) is 5.75 Å². The van der Waals surface area contributed by atoms with Gasteiger partial charge in [0.15, 0.2) is 13.5 Å². The number of carbonyl (C=O) groups excluding carboxylic acids is 1. The Kier molecular flexibility index (Phi) is 6.67. The number of carbonyl (C=O) groups is 1. The van der Waals surface area contributed by atoms with Crippen molar-refractivity contribution >= 4 is 16.9 Å². The molecule has 0 spiro atoms. The maximum Gasteiger partial charge on any atom is 0.312 e. The van der Waals surface area contributed by atoms with Gasteiger partial charge in [-0.2, -0.15) is 0 Å². The van der Waals surface area contributed by atoms with Gasteiger partial charge in [0.25, 0.3) is 0 Å². The van der Waals surface area contributed by atoms with Crippen LogP contribution in [0.5, 0.6) is 5.75 Å². The summed E-state index contributed by atoms with van der Waals surface area (Å²) in [4.78, 5) is 14.3. The first kappa shape index (κ1) is 20.3. The molecule has 6 nitrogen and oxygen atoms in total. The number of likely N-dealkylation sites (N-methyl/N-ethyl adjacent to an activating group) is 1. The lowest BCUT2D eigenvalue weighted by Gasteiger charge is -2.17. The summed E-state index contributed by atoms with van der Waals surface area (Å²) in [6.45, 7) is 6.84. The van der Waals surface area contributed by atoms with Crippen molar-refractivity contribution in [3.05, 3.63) is 30.0 Å². The lowest BCUT2D eigenvalue weighted by molar-refractivity contribution is -0.156. The van der Waals surface area contributed by atoms with E-state index >= 15 is 0 Å². The van der Waals surface area contributed by atoms with Crippen LogP contribution in [0.3, 0.4) is 0 Å². The van der Waals surface area contributed by atoms with Crippen molar-refractivity contribution in [2.45, 2.75) is 33.9 Å². The highest BCUT2D eigenvalue weighted by molar-refractivity contribution is 5.90. The van der Waals surface area contributed by atoms with Crippen LogP contribution >= 0.6 is 0 Å². The van der Waals surface area contributed by atoms with Crippen LogP contribution in [0.15, 0.2) is 24.4 Å². The number of aromatic nitrogens is 1. The number of esters is 1. The monoisotopic (exact) mass is 362 g/mol. The second-order valence-corrected chi connectivity index (χ2v) is 7.69. The topological polar surface area (TPSA) is 52.9 Å². The maximum atomic E-state index is 12.1. The van der Waals surface area contributed by atoms with E-state index in [-0.39, 0.29) is 19.5 Å². The van der Waals surface area contributed by atoms with Crippen molar-refractivity contribution in [1.29, 1.82) is 0 Å². The predicted octanol–water partition coefficient (Wildman–Crippen LogP) is 3.27. The van der Waals surface area contributed by atoms with Crippen molar-refractivity contribution in [3.63, 3.8) is 0 Å². The van der Waals surface area contributed by atoms with E-state index in [9.17, 15) is 4.79 Å². The highest BCUT2D eigenvalue weighted by atomic mass is 16.7. The molecule has 0 fully saturated rings. The summed E-state index contributed by atoms with van der Waals surface area (Å²) in [5, 5.41) is 1.04. The Hall–Kier alpha value is -2.05. The minimum absolute atomic E-state index is 0.183. The molecule has 0 unspecified atom stereocenters. The van der Waals surface area contributed by atoms with Gasteiger partial charge >= 0.3 is 5.97 Å². The van der Waals surface area contributed by atoms with Gasteiger partial charge in [-0.25, -0.2) is 0 Å². The number of methoxy groups -OCH3 is 1. The van der Waals surface area contributed by atoms with Gasteiger partial charge in [-0.1, -0.05) is 6.07 Å². The summed E-state index contributed by atoms with van der Waals surface area (Å²) < 4.78 is 18.3. The van der Waals surface area contributed by atoms with Crippen LogP contribution in [0.2, 0.25) is 0 Å². The first-order chi connectivity index (χ1) is 12.2. The average Bonchev–Trinajstić information content (AvgIpc) is 2.93. The molecule has 0 N–H and O–H groups in total. The van der Waals surface area contributed by atoms with Gasteiger partial charge in [-0.15, -0.1) is 0 Å². The molecule has 1 aromatic heterocycles. The molecule has 6 heteroatoms. The number of rotatable bonds is 8. The average molecular weight is 362 g/mol. The van der Waals surface area contributed by atoms with Gasteiger partial charge in [-0.05, 0) is 59.0 Å². The van der Waals surface area contributed by atoms with Crippen molar-refractivity contribution in [1.82, 2.24) is 9.47 Å². The first-order valence-electron chi connectivity index (χ1n) is 8.78. The SMILES string of the molecule is COCOc1cccc2c1c(CCN(C)C)cn2COC(=O)C(C)(C)C. The Morgan fingerprint density at radius 3 is 2.58 bits per heavy atom. The Morgan fingerprint density at radius 2 is 1.96 bits per heavy atom. The van der Waals surface area contributed by atoms with Gasteiger partial charge in [0.05, 0.1) is 10.9 Å². The quantitative estimate of drug-likeness (QED) is 0.533. The van der Waals surface area contributed by atoms with Crippen LogP contribution in [-0.4, -0.2) is 50.0 Å². The van der Waals surface area contributed by atoms with E-state index in [2.05, 4.69) is 4.90 Å². The molecule has 1 aromatic carbocycles. The third kappa shape index (κ3) is 4.99. The zero-order valence-electron chi connectivity index (χ0n) is 16.7. The third-order valence-corrected chi connectivity index (χ3v) is 4.05. The number of hydrogen-bond donors (Lipinski definition) is 0. The van der Waals surface area contributed by atoms with Gasteiger partial charge in [0.2, 0.25) is 0 Å². The molecular weight excluding hydrogens is 332 g/mol. The fraction of sp³-hybridized carbons (Fsp3) is 0.550. The van der Waals surface area contributed by atoms with Crippen LogP contribution in [0.4, 0.5) is 0 Å². The maximum absolute atomic E-state index is 12.1. The molecular formula is C20H30N2O4. The van der Waals surface area contributed by atoms with Crippen LogP contribution in [0.25, 0.3) is 10.9 Å². The molecule has 0 aliphatic rings. The second kappa shape index (κ2) is 8.56. The largest absolute Gasteiger partial charge is 0.467 e. The summed E-state index contributed by atoms with van der Waals surface area (Å²) >= 11 is 0.